The minimum Gasteiger partial charge on any atom is -0.412 e. The summed E-state index contributed by atoms with van der Waals surface area (Å²) in [5.74, 6) is -8.92. The standard InChI is InChI=1S/C20H30O10/c21-14-8-2-1-7-13-19(27-15(22)9-3-4-10-16(23)28-19)20(26)29-17(24)11-5-6-12-18(25)30-20/h21,26H,1-14H2. The topological polar surface area (TPSA) is 146 Å². The maximum absolute atomic E-state index is 12.4. The van der Waals surface area contributed by atoms with Gasteiger partial charge in [-0.15, -0.1) is 0 Å². The monoisotopic (exact) mass is 430 g/mol. The molecule has 0 saturated carbocycles. The number of hydrogen-bond donors (Lipinski definition) is 2. The molecule has 10 heteroatoms. The third kappa shape index (κ3) is 6.66. The minimum atomic E-state index is -3.10. The van der Waals surface area contributed by atoms with E-state index in [0.717, 1.165) is 0 Å². The molecule has 170 valence electrons. The van der Waals surface area contributed by atoms with Gasteiger partial charge in [-0.3, -0.25) is 19.2 Å². The van der Waals surface area contributed by atoms with Crippen LogP contribution in [0.1, 0.15) is 83.5 Å². The largest absolute Gasteiger partial charge is 0.456 e. The van der Waals surface area contributed by atoms with Crippen LogP contribution < -0.4 is 0 Å². The van der Waals surface area contributed by atoms with E-state index < -0.39 is 35.6 Å². The molecule has 0 unspecified atom stereocenters. The normalized spacial score (nSPS) is 22.6. The van der Waals surface area contributed by atoms with Crippen molar-refractivity contribution in [2.75, 3.05) is 6.61 Å². The second kappa shape index (κ2) is 11.3. The van der Waals surface area contributed by atoms with Crippen LogP contribution in [0.5, 0.6) is 0 Å². The third-order valence-corrected chi connectivity index (χ3v) is 4.98. The van der Waals surface area contributed by atoms with Crippen molar-refractivity contribution in [2.45, 2.75) is 95.2 Å². The van der Waals surface area contributed by atoms with Gasteiger partial charge in [0.15, 0.2) is 0 Å². The Morgan fingerprint density at radius 3 is 1.47 bits per heavy atom. The molecule has 0 amide bonds. The second-order valence-corrected chi connectivity index (χ2v) is 7.53. The van der Waals surface area contributed by atoms with E-state index in [-0.39, 0.29) is 45.1 Å². The SMILES string of the molecule is O=C1CCCCC(=O)OC(O)(C2(CCCCCCO)OC(=O)CCCCC(=O)O2)O1. The predicted octanol–water partition coefficient (Wildman–Crippen LogP) is 1.59. The lowest BCUT2D eigenvalue weighted by Crippen LogP contribution is -2.63. The van der Waals surface area contributed by atoms with Gasteiger partial charge >= 0.3 is 35.6 Å². The molecular weight excluding hydrogens is 400 g/mol. The van der Waals surface area contributed by atoms with E-state index in [2.05, 4.69) is 0 Å². The highest BCUT2D eigenvalue weighted by Gasteiger charge is 2.65. The fraction of sp³-hybridized carbons (Fsp3) is 0.800. The van der Waals surface area contributed by atoms with Crippen molar-refractivity contribution in [3.63, 3.8) is 0 Å². The van der Waals surface area contributed by atoms with Crippen molar-refractivity contribution in [3.05, 3.63) is 0 Å². The second-order valence-electron chi connectivity index (χ2n) is 7.53. The quantitative estimate of drug-likeness (QED) is 0.451. The highest BCUT2D eigenvalue weighted by molar-refractivity contribution is 5.75. The number of esters is 4. The van der Waals surface area contributed by atoms with Crippen molar-refractivity contribution >= 4 is 23.9 Å². The maximum atomic E-state index is 12.4. The van der Waals surface area contributed by atoms with Gasteiger partial charge < -0.3 is 29.2 Å². The molecule has 0 radical (unpaired) electrons. The van der Waals surface area contributed by atoms with E-state index in [9.17, 15) is 24.3 Å². The van der Waals surface area contributed by atoms with Gasteiger partial charge in [0.1, 0.15) is 0 Å². The van der Waals surface area contributed by atoms with Crippen molar-refractivity contribution in [3.8, 4) is 0 Å². The van der Waals surface area contributed by atoms with Gasteiger partial charge in [-0.25, -0.2) is 0 Å². The molecule has 0 aliphatic carbocycles. The highest BCUT2D eigenvalue weighted by atomic mass is 16.9. The first-order chi connectivity index (χ1) is 14.3. The first kappa shape index (κ1) is 24.1. The number of aliphatic hydroxyl groups excluding tert-OH is 1. The number of aliphatic hydroxyl groups is 2. The first-order valence-corrected chi connectivity index (χ1v) is 10.5. The molecule has 0 spiro atoms. The molecule has 0 bridgehead atoms. The Bertz CT molecular complexity index is 589. The van der Waals surface area contributed by atoms with E-state index in [1.165, 1.54) is 0 Å². The Morgan fingerprint density at radius 2 is 1.03 bits per heavy atom. The zero-order valence-electron chi connectivity index (χ0n) is 17.1. The summed E-state index contributed by atoms with van der Waals surface area (Å²) in [5, 5.41) is 20.1. The molecule has 2 fully saturated rings. The fourth-order valence-electron chi connectivity index (χ4n) is 3.37. The minimum absolute atomic E-state index is 0.00821. The van der Waals surface area contributed by atoms with Gasteiger partial charge in [0.25, 0.3) is 0 Å². The zero-order chi connectivity index (χ0) is 22.0. The van der Waals surface area contributed by atoms with Crippen LogP contribution in [-0.2, 0) is 38.1 Å². The number of unbranched alkanes of at least 4 members (excludes halogenated alkanes) is 3. The molecule has 0 aromatic carbocycles. The Labute approximate surface area is 174 Å². The lowest BCUT2D eigenvalue weighted by Gasteiger charge is -2.41. The average Bonchev–Trinajstić information content (AvgIpc) is 2.78. The van der Waals surface area contributed by atoms with Crippen LogP contribution in [0, 0.1) is 0 Å². The van der Waals surface area contributed by atoms with Gasteiger partial charge in [0.05, 0.1) is 0 Å². The van der Waals surface area contributed by atoms with Crippen LogP contribution in [0.2, 0.25) is 0 Å². The molecule has 2 rings (SSSR count). The van der Waals surface area contributed by atoms with Crippen LogP contribution in [0.15, 0.2) is 0 Å². The molecule has 0 atom stereocenters. The Kier molecular flexibility index (Phi) is 9.04. The summed E-state index contributed by atoms with van der Waals surface area (Å²) < 4.78 is 20.9. The summed E-state index contributed by atoms with van der Waals surface area (Å²) in [6.45, 7) is 0.00821. The van der Waals surface area contributed by atoms with Gasteiger partial charge in [-0.2, -0.15) is 0 Å². The zero-order valence-corrected chi connectivity index (χ0v) is 17.1. The summed E-state index contributed by atoms with van der Waals surface area (Å²) in [6, 6.07) is 0. The van der Waals surface area contributed by atoms with Crippen molar-refractivity contribution in [1.82, 2.24) is 0 Å². The Morgan fingerprint density at radius 1 is 0.633 bits per heavy atom. The third-order valence-electron chi connectivity index (χ3n) is 4.98. The van der Waals surface area contributed by atoms with E-state index in [1.807, 2.05) is 0 Å². The number of carbonyl (C=O) groups excluding carboxylic acids is 4. The van der Waals surface area contributed by atoms with E-state index in [4.69, 9.17) is 24.1 Å². The van der Waals surface area contributed by atoms with Crippen LogP contribution in [0.25, 0.3) is 0 Å². The Hall–Kier alpha value is -2.20. The van der Waals surface area contributed by atoms with Gasteiger partial charge in [0.2, 0.25) is 0 Å². The number of cyclic esters (lactones) is 4. The molecule has 2 aliphatic heterocycles. The van der Waals surface area contributed by atoms with Crippen molar-refractivity contribution in [2.24, 2.45) is 0 Å². The number of carbonyl (C=O) groups is 4. The molecular formula is C20H30O10. The smallest absolute Gasteiger partial charge is 0.412 e. The van der Waals surface area contributed by atoms with Gasteiger partial charge in [-0.1, -0.05) is 12.8 Å². The van der Waals surface area contributed by atoms with Crippen LogP contribution in [0.4, 0.5) is 0 Å². The summed E-state index contributed by atoms with van der Waals surface area (Å²) in [6.07, 6.45) is 2.91. The lowest BCUT2D eigenvalue weighted by atomic mass is 10.0. The number of rotatable bonds is 7. The molecule has 0 aromatic rings. The van der Waals surface area contributed by atoms with E-state index in [0.29, 0.717) is 44.9 Å². The van der Waals surface area contributed by atoms with Crippen LogP contribution >= 0.6 is 0 Å². The van der Waals surface area contributed by atoms with Crippen LogP contribution in [0.3, 0.4) is 0 Å². The van der Waals surface area contributed by atoms with E-state index in [1.54, 1.807) is 0 Å². The number of ether oxygens (including phenoxy) is 4. The molecule has 2 aliphatic rings. The molecule has 10 nitrogen and oxygen atoms in total. The highest BCUT2D eigenvalue weighted by Crippen LogP contribution is 2.39. The predicted molar refractivity (Wildman–Crippen MR) is 99.2 cm³/mol. The fourth-order valence-corrected chi connectivity index (χ4v) is 3.37. The lowest BCUT2D eigenvalue weighted by molar-refractivity contribution is -0.443. The number of hydrogen-bond acceptors (Lipinski definition) is 10. The van der Waals surface area contributed by atoms with E-state index >= 15 is 0 Å². The summed E-state index contributed by atoms with van der Waals surface area (Å²) in [7, 11) is 0. The van der Waals surface area contributed by atoms with Crippen molar-refractivity contribution in [1.29, 1.82) is 0 Å². The maximum Gasteiger partial charge on any atom is 0.456 e. The summed E-state index contributed by atoms with van der Waals surface area (Å²) >= 11 is 0. The van der Waals surface area contributed by atoms with Crippen LogP contribution in [-0.4, -0.2) is 52.5 Å². The summed E-state index contributed by atoms with van der Waals surface area (Å²) in [5.41, 5.74) is 0. The Balaban J connectivity index is 2.40. The average molecular weight is 430 g/mol. The molecule has 30 heavy (non-hydrogen) atoms. The van der Waals surface area contributed by atoms with Crippen molar-refractivity contribution < 1.29 is 48.3 Å². The van der Waals surface area contributed by atoms with Gasteiger partial charge in [0, 0.05) is 38.7 Å². The molecule has 0 aromatic heterocycles. The molecule has 2 heterocycles. The molecule has 2 N–H and O–H groups in total. The van der Waals surface area contributed by atoms with Gasteiger partial charge in [-0.05, 0) is 38.5 Å². The molecule has 2 saturated heterocycles. The summed E-state index contributed by atoms with van der Waals surface area (Å²) in [4.78, 5) is 49.2. The first-order valence-electron chi connectivity index (χ1n) is 10.5.